The van der Waals surface area contributed by atoms with Gasteiger partial charge in [0.2, 0.25) is 6.10 Å². The van der Waals surface area contributed by atoms with Crippen LogP contribution in [0.5, 0.6) is 0 Å². The molecule has 104 valence electrons. The summed E-state index contributed by atoms with van der Waals surface area (Å²) in [5.74, 6) is 0. The van der Waals surface area contributed by atoms with Gasteiger partial charge in [-0.1, -0.05) is 20.8 Å². The van der Waals surface area contributed by atoms with Gasteiger partial charge in [0.25, 0.3) is 0 Å². The highest BCUT2D eigenvalue weighted by molar-refractivity contribution is 6.74. The lowest BCUT2D eigenvalue weighted by molar-refractivity contribution is -0.303. The van der Waals surface area contributed by atoms with Crippen molar-refractivity contribution in [1.29, 1.82) is 0 Å². The first kappa shape index (κ1) is 16.8. The third-order valence-corrected chi connectivity index (χ3v) is 7.25. The molecule has 0 saturated heterocycles. The highest BCUT2D eigenvalue weighted by Crippen LogP contribution is 2.43. The maximum atomic E-state index is 12.3. The van der Waals surface area contributed by atoms with Crippen molar-refractivity contribution < 1.29 is 30.8 Å². The largest absolute Gasteiger partial charge is 0.422 e. The van der Waals surface area contributed by atoms with E-state index >= 15 is 0 Å². The standard InChI is InChI=1S/C9H16F6OSi/c1-7(2,3)17(4,5)16-6(8(10,11)12)9(13,14)15/h6H,1-5H3. The van der Waals surface area contributed by atoms with Gasteiger partial charge in [0.05, 0.1) is 0 Å². The van der Waals surface area contributed by atoms with Crippen molar-refractivity contribution in [2.75, 3.05) is 0 Å². The fourth-order valence-electron chi connectivity index (χ4n) is 0.791. The van der Waals surface area contributed by atoms with Gasteiger partial charge in [0, 0.05) is 0 Å². The number of halogens is 6. The lowest BCUT2D eigenvalue weighted by Crippen LogP contribution is -2.53. The molecule has 0 atom stereocenters. The molecule has 0 fully saturated rings. The molecule has 0 saturated carbocycles. The Balaban J connectivity index is 5.17. The predicted octanol–water partition coefficient (Wildman–Crippen LogP) is 4.50. The molecule has 0 N–H and O–H groups in total. The van der Waals surface area contributed by atoms with Crippen molar-refractivity contribution in [1.82, 2.24) is 0 Å². The van der Waals surface area contributed by atoms with Crippen molar-refractivity contribution in [3.8, 4) is 0 Å². The summed E-state index contributed by atoms with van der Waals surface area (Å²) in [4.78, 5) is 0. The second kappa shape index (κ2) is 4.45. The number of alkyl halides is 6. The Kier molecular flexibility index (Phi) is 4.39. The van der Waals surface area contributed by atoms with Gasteiger partial charge in [0.1, 0.15) is 0 Å². The van der Waals surface area contributed by atoms with Crippen molar-refractivity contribution in [3.05, 3.63) is 0 Å². The van der Waals surface area contributed by atoms with Crippen molar-refractivity contribution >= 4 is 8.32 Å². The molecule has 1 nitrogen and oxygen atoms in total. The summed E-state index contributed by atoms with van der Waals surface area (Å²) < 4.78 is 78.3. The number of hydrogen-bond donors (Lipinski definition) is 0. The van der Waals surface area contributed by atoms with E-state index in [0.29, 0.717) is 0 Å². The smallest absolute Gasteiger partial charge is 0.399 e. The molecule has 0 heterocycles. The maximum absolute atomic E-state index is 12.3. The fourth-order valence-corrected chi connectivity index (χ4v) is 2.00. The minimum Gasteiger partial charge on any atom is -0.399 e. The minimum atomic E-state index is -5.44. The molecular formula is C9H16F6OSi. The van der Waals surface area contributed by atoms with Gasteiger partial charge in [-0.15, -0.1) is 0 Å². The van der Waals surface area contributed by atoms with Gasteiger partial charge in [-0.2, -0.15) is 26.3 Å². The molecule has 17 heavy (non-hydrogen) atoms. The van der Waals surface area contributed by atoms with Gasteiger partial charge < -0.3 is 4.43 Å². The first-order valence-electron chi connectivity index (χ1n) is 4.90. The molecule has 0 radical (unpaired) electrons. The van der Waals surface area contributed by atoms with Gasteiger partial charge >= 0.3 is 12.4 Å². The number of hydrogen-bond acceptors (Lipinski definition) is 1. The molecule has 0 aromatic rings. The Labute approximate surface area is 97.3 Å². The first-order valence-corrected chi connectivity index (χ1v) is 7.81. The molecule has 0 bridgehead atoms. The second-order valence-electron chi connectivity index (χ2n) is 5.34. The maximum Gasteiger partial charge on any atom is 0.422 e. The summed E-state index contributed by atoms with van der Waals surface area (Å²) in [6, 6.07) is 0. The van der Waals surface area contributed by atoms with Crippen LogP contribution < -0.4 is 0 Å². The zero-order chi connectivity index (χ0) is 14.3. The normalized spacial score (nSPS) is 15.5. The van der Waals surface area contributed by atoms with Crippen molar-refractivity contribution in [3.63, 3.8) is 0 Å². The summed E-state index contributed by atoms with van der Waals surface area (Å²) in [6.07, 6.45) is -14.6. The molecule has 8 heteroatoms. The van der Waals surface area contributed by atoms with E-state index in [2.05, 4.69) is 4.43 Å². The van der Waals surface area contributed by atoms with E-state index in [9.17, 15) is 26.3 Å². The molecule has 0 amide bonds. The Morgan fingerprint density at radius 1 is 0.824 bits per heavy atom. The van der Waals surface area contributed by atoms with Gasteiger partial charge in [-0.3, -0.25) is 0 Å². The van der Waals surface area contributed by atoms with Crippen LogP contribution in [0.4, 0.5) is 26.3 Å². The van der Waals surface area contributed by atoms with Crippen molar-refractivity contribution in [2.24, 2.45) is 0 Å². The van der Waals surface area contributed by atoms with Crippen LogP contribution in [0, 0.1) is 0 Å². The third-order valence-electron chi connectivity index (χ3n) is 2.81. The molecule has 0 rings (SSSR count). The molecular weight excluding hydrogens is 266 g/mol. The minimum absolute atomic E-state index is 0.720. The Bertz CT molecular complexity index is 248. The summed E-state index contributed by atoms with van der Waals surface area (Å²) in [5, 5.41) is -0.720. The summed E-state index contributed by atoms with van der Waals surface area (Å²) in [5.41, 5.74) is 0. The molecule has 0 aliphatic carbocycles. The fraction of sp³-hybridized carbons (Fsp3) is 1.00. The molecule has 0 aromatic carbocycles. The van der Waals surface area contributed by atoms with E-state index in [1.54, 1.807) is 20.8 Å². The van der Waals surface area contributed by atoms with E-state index in [0.717, 1.165) is 0 Å². The molecule has 0 spiro atoms. The van der Waals surface area contributed by atoms with Crippen LogP contribution in [0.2, 0.25) is 18.1 Å². The van der Waals surface area contributed by atoms with Gasteiger partial charge in [0.15, 0.2) is 8.32 Å². The average molecular weight is 282 g/mol. The molecule has 0 aliphatic rings. The quantitative estimate of drug-likeness (QED) is 0.535. The lowest BCUT2D eigenvalue weighted by Gasteiger charge is -2.39. The zero-order valence-electron chi connectivity index (χ0n) is 10.3. The third kappa shape index (κ3) is 4.49. The van der Waals surface area contributed by atoms with Crippen LogP contribution in [-0.2, 0) is 4.43 Å². The Hall–Kier alpha value is -0.243. The topological polar surface area (TPSA) is 9.23 Å². The van der Waals surface area contributed by atoms with Crippen LogP contribution in [0.25, 0.3) is 0 Å². The van der Waals surface area contributed by atoms with Crippen LogP contribution >= 0.6 is 0 Å². The van der Waals surface area contributed by atoms with E-state index in [1.165, 1.54) is 13.1 Å². The van der Waals surface area contributed by atoms with Crippen LogP contribution in [0.15, 0.2) is 0 Å². The van der Waals surface area contributed by atoms with E-state index in [1.807, 2.05) is 0 Å². The predicted molar refractivity (Wildman–Crippen MR) is 54.2 cm³/mol. The van der Waals surface area contributed by atoms with E-state index in [4.69, 9.17) is 0 Å². The summed E-state index contributed by atoms with van der Waals surface area (Å²) in [6.45, 7) is 7.41. The van der Waals surface area contributed by atoms with E-state index in [-0.39, 0.29) is 0 Å². The van der Waals surface area contributed by atoms with Crippen LogP contribution in [0.1, 0.15) is 20.8 Å². The molecule has 0 unspecified atom stereocenters. The highest BCUT2D eigenvalue weighted by Gasteiger charge is 2.60. The zero-order valence-corrected chi connectivity index (χ0v) is 11.3. The van der Waals surface area contributed by atoms with Gasteiger partial charge in [-0.05, 0) is 18.1 Å². The summed E-state index contributed by atoms with van der Waals surface area (Å²) >= 11 is 0. The lowest BCUT2D eigenvalue weighted by atomic mass is 10.2. The molecule has 0 aromatic heterocycles. The Morgan fingerprint density at radius 2 is 1.12 bits per heavy atom. The van der Waals surface area contributed by atoms with Crippen LogP contribution in [0.3, 0.4) is 0 Å². The SMILES string of the molecule is CC(C)(C)[Si](C)(C)OC(C(F)(F)F)C(F)(F)F. The highest BCUT2D eigenvalue weighted by atomic mass is 28.4. The van der Waals surface area contributed by atoms with Gasteiger partial charge in [-0.25, -0.2) is 0 Å². The molecule has 0 aliphatic heterocycles. The second-order valence-corrected chi connectivity index (χ2v) is 10.1. The first-order chi connectivity index (χ1) is 7.09. The van der Waals surface area contributed by atoms with Crippen molar-refractivity contribution in [2.45, 2.75) is 57.4 Å². The summed E-state index contributed by atoms with van der Waals surface area (Å²) in [7, 11) is -3.13. The average Bonchev–Trinajstić information content (AvgIpc) is 1.93. The Morgan fingerprint density at radius 3 is 1.29 bits per heavy atom. The number of rotatable bonds is 2. The van der Waals surface area contributed by atoms with Crippen LogP contribution in [-0.4, -0.2) is 26.8 Å². The van der Waals surface area contributed by atoms with E-state index < -0.39 is 31.8 Å². The monoisotopic (exact) mass is 282 g/mol.